The average Bonchev–Trinajstić information content (AvgIpc) is 2.90. The van der Waals surface area contributed by atoms with E-state index >= 15 is 0 Å². The number of nitrogens with zero attached hydrogens (tertiary/aromatic N) is 2. The maximum absolute atomic E-state index is 14.2. The molecule has 0 bridgehead atoms. The van der Waals surface area contributed by atoms with Gasteiger partial charge in [-0.1, -0.05) is 106 Å². The Morgan fingerprint density at radius 2 is 1.19 bits per heavy atom. The lowest BCUT2D eigenvalue weighted by Crippen LogP contribution is -2.59. The molecule has 6 heteroatoms. The minimum absolute atomic E-state index is 0.363. The molecule has 0 spiro atoms. The van der Waals surface area contributed by atoms with Gasteiger partial charge in [0.1, 0.15) is 12.1 Å². The lowest BCUT2D eigenvalue weighted by atomic mass is 9.82. The van der Waals surface area contributed by atoms with Crippen molar-refractivity contribution in [3.05, 3.63) is 119 Å². The molecular weight excluding hydrogens is 464 g/mol. The van der Waals surface area contributed by atoms with E-state index in [1.165, 1.54) is 0 Å². The van der Waals surface area contributed by atoms with Crippen molar-refractivity contribution in [2.75, 3.05) is 0 Å². The molecular formula is C31H28N2O4. The summed E-state index contributed by atoms with van der Waals surface area (Å²) in [7, 11) is 0. The smallest absolute Gasteiger partial charge is 0.270 e. The second kappa shape index (κ2) is 9.30. The zero-order chi connectivity index (χ0) is 26.3. The molecule has 1 aliphatic heterocycles. The molecule has 4 aromatic carbocycles. The highest BCUT2D eigenvalue weighted by atomic mass is 16.5. The van der Waals surface area contributed by atoms with Gasteiger partial charge in [0.25, 0.3) is 17.7 Å². The normalized spacial score (nSPS) is 14.2. The molecule has 37 heavy (non-hydrogen) atoms. The summed E-state index contributed by atoms with van der Waals surface area (Å²) in [6, 6.07) is 26.9. The zero-order valence-electron chi connectivity index (χ0n) is 21.0. The Morgan fingerprint density at radius 1 is 0.730 bits per heavy atom. The maximum Gasteiger partial charge on any atom is 0.270 e. The van der Waals surface area contributed by atoms with Gasteiger partial charge in [-0.3, -0.25) is 24.5 Å². The van der Waals surface area contributed by atoms with Gasteiger partial charge in [0.15, 0.2) is 0 Å². The maximum atomic E-state index is 14.2. The number of hydrogen-bond acceptors (Lipinski definition) is 4. The van der Waals surface area contributed by atoms with Gasteiger partial charge in [-0.2, -0.15) is 0 Å². The SMILES string of the molecule is CC(C)(C)[C@@H](C(=O)N(O)C(c1ccccc1)c1ccccc1)N1C(=O)c2cccc3cccc(c23)C1=O. The summed E-state index contributed by atoms with van der Waals surface area (Å²) in [6.07, 6.45) is 0. The molecule has 0 aromatic heterocycles. The standard InChI is InChI=1S/C31H28N2O4/c1-31(2,3)27(32-28(34)23-18-10-16-20-17-11-19-24(25(20)23)29(32)35)30(36)33(37)26(21-12-6-4-7-13-21)22-14-8-5-9-15-22/h4-19,26-27,37H,1-3H3/t27-/m1/s1. The van der Waals surface area contributed by atoms with E-state index < -0.39 is 35.2 Å². The summed E-state index contributed by atoms with van der Waals surface area (Å²) in [5, 5.41) is 13.5. The summed E-state index contributed by atoms with van der Waals surface area (Å²) in [5.41, 5.74) is 1.25. The minimum Gasteiger partial charge on any atom is -0.285 e. The Labute approximate surface area is 215 Å². The highest BCUT2D eigenvalue weighted by Crippen LogP contribution is 2.37. The number of carbonyl (C=O) groups excluding carboxylic acids is 3. The Kier molecular flexibility index (Phi) is 6.13. The van der Waals surface area contributed by atoms with Crippen molar-refractivity contribution in [2.45, 2.75) is 32.9 Å². The van der Waals surface area contributed by atoms with E-state index in [0.29, 0.717) is 32.7 Å². The van der Waals surface area contributed by atoms with Crippen LogP contribution >= 0.6 is 0 Å². The molecule has 0 fully saturated rings. The van der Waals surface area contributed by atoms with Crippen molar-refractivity contribution in [3.63, 3.8) is 0 Å². The van der Waals surface area contributed by atoms with Gasteiger partial charge < -0.3 is 0 Å². The van der Waals surface area contributed by atoms with Crippen LogP contribution in [0.3, 0.4) is 0 Å². The summed E-state index contributed by atoms with van der Waals surface area (Å²) in [5.74, 6) is -1.84. The highest BCUT2D eigenvalue weighted by molar-refractivity contribution is 6.26. The second-order valence-corrected chi connectivity index (χ2v) is 10.4. The third kappa shape index (κ3) is 4.19. The number of rotatable bonds is 5. The van der Waals surface area contributed by atoms with Gasteiger partial charge in [-0.25, -0.2) is 5.06 Å². The van der Waals surface area contributed by atoms with Crippen molar-refractivity contribution in [1.82, 2.24) is 9.96 Å². The summed E-state index contributed by atoms with van der Waals surface area (Å²) < 4.78 is 0. The first-order valence-corrected chi connectivity index (χ1v) is 12.2. The average molecular weight is 493 g/mol. The van der Waals surface area contributed by atoms with Gasteiger partial charge in [-0.15, -0.1) is 0 Å². The lowest BCUT2D eigenvalue weighted by molar-refractivity contribution is -0.181. The van der Waals surface area contributed by atoms with E-state index in [9.17, 15) is 19.6 Å². The van der Waals surface area contributed by atoms with Gasteiger partial charge in [0.05, 0.1) is 0 Å². The molecule has 1 aliphatic rings. The number of benzene rings is 4. The Balaban J connectivity index is 1.61. The fourth-order valence-corrected chi connectivity index (χ4v) is 5.15. The van der Waals surface area contributed by atoms with Crippen molar-refractivity contribution < 1.29 is 19.6 Å². The van der Waals surface area contributed by atoms with Gasteiger partial charge >= 0.3 is 0 Å². The van der Waals surface area contributed by atoms with E-state index in [0.717, 1.165) is 10.3 Å². The van der Waals surface area contributed by atoms with Crippen LogP contribution in [0, 0.1) is 5.41 Å². The number of imide groups is 1. The molecule has 0 saturated heterocycles. The van der Waals surface area contributed by atoms with E-state index in [2.05, 4.69) is 0 Å². The van der Waals surface area contributed by atoms with Crippen LogP contribution < -0.4 is 0 Å². The summed E-state index contributed by atoms with van der Waals surface area (Å²) >= 11 is 0. The third-order valence-corrected chi connectivity index (χ3v) is 6.82. The third-order valence-electron chi connectivity index (χ3n) is 6.82. The van der Waals surface area contributed by atoms with Crippen LogP contribution in [0.1, 0.15) is 58.7 Å². The van der Waals surface area contributed by atoms with Crippen LogP contribution in [0.25, 0.3) is 10.8 Å². The van der Waals surface area contributed by atoms with Crippen molar-refractivity contribution >= 4 is 28.5 Å². The number of carbonyl (C=O) groups is 3. The number of amides is 3. The summed E-state index contributed by atoms with van der Waals surface area (Å²) in [4.78, 5) is 42.8. The zero-order valence-corrected chi connectivity index (χ0v) is 21.0. The van der Waals surface area contributed by atoms with Crippen molar-refractivity contribution in [2.24, 2.45) is 5.41 Å². The molecule has 4 aromatic rings. The molecule has 186 valence electrons. The number of hydroxylamine groups is 2. The van der Waals surface area contributed by atoms with E-state index in [4.69, 9.17) is 0 Å². The Bertz CT molecular complexity index is 1400. The van der Waals surface area contributed by atoms with Gasteiger partial charge in [0, 0.05) is 16.5 Å². The van der Waals surface area contributed by atoms with Crippen molar-refractivity contribution in [3.8, 4) is 0 Å². The Morgan fingerprint density at radius 3 is 1.62 bits per heavy atom. The summed E-state index contributed by atoms with van der Waals surface area (Å²) in [6.45, 7) is 5.35. The first-order valence-electron chi connectivity index (χ1n) is 12.2. The predicted molar refractivity (Wildman–Crippen MR) is 141 cm³/mol. The van der Waals surface area contributed by atoms with E-state index in [1.54, 1.807) is 45.0 Å². The molecule has 0 aliphatic carbocycles. The minimum atomic E-state index is -1.25. The number of hydrogen-bond donors (Lipinski definition) is 1. The first-order chi connectivity index (χ1) is 17.7. The largest absolute Gasteiger partial charge is 0.285 e. The fraction of sp³-hybridized carbons (Fsp3) is 0.194. The lowest BCUT2D eigenvalue weighted by Gasteiger charge is -2.42. The first kappa shape index (κ1) is 24.4. The molecule has 1 atom stereocenters. The predicted octanol–water partition coefficient (Wildman–Crippen LogP) is 5.86. The molecule has 1 N–H and O–H groups in total. The van der Waals surface area contributed by atoms with Crippen LogP contribution in [0.5, 0.6) is 0 Å². The van der Waals surface area contributed by atoms with Crippen LogP contribution in [0.4, 0.5) is 0 Å². The highest BCUT2D eigenvalue weighted by Gasteiger charge is 2.48. The van der Waals surface area contributed by atoms with Gasteiger partial charge in [0.2, 0.25) is 0 Å². The molecule has 0 radical (unpaired) electrons. The van der Waals surface area contributed by atoms with Crippen LogP contribution in [0.15, 0.2) is 97.1 Å². The second-order valence-electron chi connectivity index (χ2n) is 10.4. The molecule has 3 amide bonds. The topological polar surface area (TPSA) is 77.9 Å². The molecule has 0 saturated carbocycles. The molecule has 5 rings (SSSR count). The Hall–Kier alpha value is -4.29. The fourth-order valence-electron chi connectivity index (χ4n) is 5.15. The van der Waals surface area contributed by atoms with Crippen LogP contribution in [-0.4, -0.2) is 38.9 Å². The van der Waals surface area contributed by atoms with Gasteiger partial charge in [-0.05, 0) is 34.1 Å². The molecule has 0 unspecified atom stereocenters. The van der Waals surface area contributed by atoms with Crippen molar-refractivity contribution in [1.29, 1.82) is 0 Å². The van der Waals surface area contributed by atoms with Crippen LogP contribution in [0.2, 0.25) is 0 Å². The molecule has 1 heterocycles. The molecule has 6 nitrogen and oxygen atoms in total. The van der Waals surface area contributed by atoms with E-state index in [1.807, 2.05) is 72.8 Å². The van der Waals surface area contributed by atoms with Crippen LogP contribution in [-0.2, 0) is 4.79 Å². The quantitative estimate of drug-likeness (QED) is 0.215. The monoisotopic (exact) mass is 492 g/mol. The van der Waals surface area contributed by atoms with E-state index in [-0.39, 0.29) is 0 Å².